The number of hydrogen-bond donors (Lipinski definition) is 2. The number of nitrogens with one attached hydrogen (secondary N) is 1. The third kappa shape index (κ3) is 4.03. The van der Waals surface area contributed by atoms with Crippen LogP contribution in [-0.4, -0.2) is 29.1 Å². The van der Waals surface area contributed by atoms with Crippen LogP contribution in [0.5, 0.6) is 5.75 Å². The molecule has 1 aromatic rings. The van der Waals surface area contributed by atoms with Gasteiger partial charge in [-0.1, -0.05) is 6.07 Å². The minimum absolute atomic E-state index is 0.0528. The van der Waals surface area contributed by atoms with Crippen molar-refractivity contribution in [3.8, 4) is 5.75 Å². The van der Waals surface area contributed by atoms with Crippen molar-refractivity contribution in [1.82, 2.24) is 5.32 Å². The third-order valence-electron chi connectivity index (χ3n) is 4.82. The average molecular weight is 317 g/mol. The molecule has 124 valence electrons. The van der Waals surface area contributed by atoms with Crippen LogP contribution >= 0.6 is 0 Å². The maximum Gasteiger partial charge on any atom is 0.306 e. The quantitative estimate of drug-likeness (QED) is 0.875. The van der Waals surface area contributed by atoms with Gasteiger partial charge in [-0.25, -0.2) is 0 Å². The van der Waals surface area contributed by atoms with Crippen molar-refractivity contribution in [3.05, 3.63) is 29.8 Å². The van der Waals surface area contributed by atoms with E-state index in [0.717, 1.165) is 25.0 Å². The van der Waals surface area contributed by atoms with Crippen molar-refractivity contribution in [3.63, 3.8) is 0 Å². The fraction of sp³-hybridized carbons (Fsp3) is 0.556. The summed E-state index contributed by atoms with van der Waals surface area (Å²) in [6, 6.07) is 7.19. The normalized spacial score (nSPS) is 24.5. The summed E-state index contributed by atoms with van der Waals surface area (Å²) >= 11 is 0. The first-order valence-electron chi connectivity index (χ1n) is 8.42. The molecule has 0 radical (unpaired) electrons. The average Bonchev–Trinajstić information content (AvgIpc) is 3.19. The standard InChI is InChI=1S/C18H23NO4/c20-17(19-14-9-8-13(10-14)18(21)22)12-4-3-7-16(11-12)23-15-5-1-2-6-15/h3-4,7,11,13-15H,1-2,5-6,8-10H2,(H,19,20)(H,21,22)/t13-,14+/m0/s1. The molecule has 0 aliphatic heterocycles. The van der Waals surface area contributed by atoms with E-state index in [1.807, 2.05) is 12.1 Å². The van der Waals surface area contributed by atoms with Gasteiger partial charge < -0.3 is 15.2 Å². The van der Waals surface area contributed by atoms with Gasteiger partial charge >= 0.3 is 5.97 Å². The van der Waals surface area contributed by atoms with Crippen LogP contribution in [0.3, 0.4) is 0 Å². The van der Waals surface area contributed by atoms with Crippen LogP contribution in [0, 0.1) is 5.92 Å². The van der Waals surface area contributed by atoms with Crippen molar-refractivity contribution in [2.24, 2.45) is 5.92 Å². The molecule has 23 heavy (non-hydrogen) atoms. The van der Waals surface area contributed by atoms with Gasteiger partial charge in [0.2, 0.25) is 0 Å². The van der Waals surface area contributed by atoms with Gasteiger partial charge in [-0.15, -0.1) is 0 Å². The second kappa shape index (κ2) is 7.02. The van der Waals surface area contributed by atoms with Gasteiger partial charge in [0.15, 0.2) is 0 Å². The number of benzene rings is 1. The van der Waals surface area contributed by atoms with Crippen molar-refractivity contribution in [2.45, 2.75) is 57.1 Å². The molecule has 0 aromatic heterocycles. The SMILES string of the molecule is O=C(N[C@@H]1CC[C@H](C(=O)O)C1)c1cccc(OC2CCCC2)c1. The minimum atomic E-state index is -0.770. The van der Waals surface area contributed by atoms with Gasteiger partial charge in [0.25, 0.3) is 5.91 Å². The predicted octanol–water partition coefficient (Wildman–Crippen LogP) is 2.99. The van der Waals surface area contributed by atoms with Gasteiger partial charge in [-0.05, 0) is 63.1 Å². The molecule has 0 bridgehead atoms. The topological polar surface area (TPSA) is 75.6 Å². The molecule has 1 amide bonds. The molecule has 3 rings (SSSR count). The number of hydrogen-bond acceptors (Lipinski definition) is 3. The summed E-state index contributed by atoms with van der Waals surface area (Å²) in [5, 5.41) is 12.0. The summed E-state index contributed by atoms with van der Waals surface area (Å²) < 4.78 is 5.93. The molecule has 2 aliphatic rings. The van der Waals surface area contributed by atoms with Crippen LogP contribution in [0.25, 0.3) is 0 Å². The van der Waals surface area contributed by atoms with Crippen molar-refractivity contribution in [2.75, 3.05) is 0 Å². The van der Waals surface area contributed by atoms with Crippen LogP contribution in [0.2, 0.25) is 0 Å². The first-order chi connectivity index (χ1) is 11.1. The van der Waals surface area contributed by atoms with Crippen LogP contribution in [-0.2, 0) is 4.79 Å². The number of carboxylic acid groups (broad SMARTS) is 1. The Bertz CT molecular complexity index is 580. The lowest BCUT2D eigenvalue weighted by Gasteiger charge is -2.15. The summed E-state index contributed by atoms with van der Waals surface area (Å²) in [7, 11) is 0. The van der Waals surface area contributed by atoms with Gasteiger partial charge in [0.1, 0.15) is 5.75 Å². The summed E-state index contributed by atoms with van der Waals surface area (Å²) in [5.41, 5.74) is 0.569. The fourth-order valence-electron chi connectivity index (χ4n) is 3.51. The molecule has 0 spiro atoms. The van der Waals surface area contributed by atoms with E-state index in [1.54, 1.807) is 12.1 Å². The number of carboxylic acids is 1. The number of carbonyl (C=O) groups is 2. The predicted molar refractivity (Wildman–Crippen MR) is 85.6 cm³/mol. The monoisotopic (exact) mass is 317 g/mol. The van der Waals surface area contributed by atoms with E-state index in [1.165, 1.54) is 12.8 Å². The summed E-state index contributed by atoms with van der Waals surface area (Å²) in [6.07, 6.45) is 6.70. The van der Waals surface area contributed by atoms with E-state index in [-0.39, 0.29) is 24.0 Å². The van der Waals surface area contributed by atoms with Crippen LogP contribution < -0.4 is 10.1 Å². The van der Waals surface area contributed by atoms with Crippen LogP contribution in [0.4, 0.5) is 0 Å². The summed E-state index contributed by atoms with van der Waals surface area (Å²) in [5.74, 6) is -0.525. The van der Waals surface area contributed by atoms with Crippen LogP contribution in [0.15, 0.2) is 24.3 Å². The smallest absolute Gasteiger partial charge is 0.306 e. The van der Waals surface area contributed by atoms with E-state index in [0.29, 0.717) is 18.4 Å². The highest BCUT2D eigenvalue weighted by molar-refractivity contribution is 5.94. The molecule has 0 saturated heterocycles. The summed E-state index contributed by atoms with van der Waals surface area (Å²) in [6.45, 7) is 0. The second-order valence-electron chi connectivity index (χ2n) is 6.57. The third-order valence-corrected chi connectivity index (χ3v) is 4.82. The van der Waals surface area contributed by atoms with Crippen molar-refractivity contribution in [1.29, 1.82) is 0 Å². The molecule has 5 nitrogen and oxygen atoms in total. The number of amides is 1. The molecule has 0 unspecified atom stereocenters. The lowest BCUT2D eigenvalue weighted by molar-refractivity contribution is -0.141. The molecule has 2 N–H and O–H groups in total. The molecule has 0 heterocycles. The molecular formula is C18H23NO4. The minimum Gasteiger partial charge on any atom is -0.490 e. The van der Waals surface area contributed by atoms with Crippen molar-refractivity contribution >= 4 is 11.9 Å². The van der Waals surface area contributed by atoms with Gasteiger partial charge in [-0.2, -0.15) is 0 Å². The zero-order valence-electron chi connectivity index (χ0n) is 13.2. The maximum absolute atomic E-state index is 12.4. The number of aliphatic carboxylic acids is 1. The lowest BCUT2D eigenvalue weighted by Crippen LogP contribution is -2.33. The highest BCUT2D eigenvalue weighted by Crippen LogP contribution is 2.27. The molecule has 2 saturated carbocycles. The van der Waals surface area contributed by atoms with E-state index in [2.05, 4.69) is 5.32 Å². The first-order valence-corrected chi connectivity index (χ1v) is 8.42. The van der Waals surface area contributed by atoms with E-state index in [4.69, 9.17) is 9.84 Å². The Morgan fingerprint density at radius 2 is 1.91 bits per heavy atom. The Labute approximate surface area is 136 Å². The Morgan fingerprint density at radius 1 is 1.13 bits per heavy atom. The molecule has 5 heteroatoms. The van der Waals surface area contributed by atoms with E-state index in [9.17, 15) is 9.59 Å². The Kier molecular flexibility index (Phi) is 4.84. The lowest BCUT2D eigenvalue weighted by atomic mass is 10.1. The Morgan fingerprint density at radius 3 is 2.61 bits per heavy atom. The molecule has 2 atom stereocenters. The number of rotatable bonds is 5. The van der Waals surface area contributed by atoms with Gasteiger partial charge in [0.05, 0.1) is 12.0 Å². The van der Waals surface area contributed by atoms with Gasteiger partial charge in [0, 0.05) is 11.6 Å². The van der Waals surface area contributed by atoms with E-state index < -0.39 is 5.97 Å². The van der Waals surface area contributed by atoms with Crippen LogP contribution in [0.1, 0.15) is 55.3 Å². The number of ether oxygens (including phenoxy) is 1. The molecular weight excluding hydrogens is 294 g/mol. The second-order valence-corrected chi connectivity index (χ2v) is 6.57. The Hall–Kier alpha value is -2.04. The van der Waals surface area contributed by atoms with Crippen molar-refractivity contribution < 1.29 is 19.4 Å². The highest BCUT2D eigenvalue weighted by Gasteiger charge is 2.30. The fourth-order valence-corrected chi connectivity index (χ4v) is 3.51. The molecule has 1 aromatic carbocycles. The Balaban J connectivity index is 1.58. The maximum atomic E-state index is 12.4. The molecule has 2 fully saturated rings. The number of carbonyl (C=O) groups excluding carboxylic acids is 1. The first kappa shape index (κ1) is 15.8. The molecule has 2 aliphatic carbocycles. The van der Waals surface area contributed by atoms with Gasteiger partial charge in [-0.3, -0.25) is 9.59 Å². The zero-order chi connectivity index (χ0) is 16.2. The summed E-state index contributed by atoms with van der Waals surface area (Å²) in [4.78, 5) is 23.3. The zero-order valence-corrected chi connectivity index (χ0v) is 13.2. The van der Waals surface area contributed by atoms with E-state index >= 15 is 0 Å². The highest BCUT2D eigenvalue weighted by atomic mass is 16.5. The largest absolute Gasteiger partial charge is 0.490 e.